The Morgan fingerprint density at radius 1 is 1.10 bits per heavy atom. The molecule has 1 N–H and O–H groups in total. The molecule has 30 heavy (non-hydrogen) atoms. The van der Waals surface area contributed by atoms with Gasteiger partial charge in [0.15, 0.2) is 11.4 Å². The lowest BCUT2D eigenvalue weighted by atomic mass is 10.1. The first-order valence-electron chi connectivity index (χ1n) is 9.37. The molecule has 0 unspecified atom stereocenters. The molecule has 2 heterocycles. The minimum atomic E-state index is -4.94. The number of alkyl halides is 3. The average Bonchev–Trinajstić information content (AvgIpc) is 3.56. The summed E-state index contributed by atoms with van der Waals surface area (Å²) in [6.45, 7) is 0.389. The van der Waals surface area contributed by atoms with Crippen molar-refractivity contribution in [1.82, 2.24) is 9.55 Å². The van der Waals surface area contributed by atoms with Gasteiger partial charge >= 0.3 is 11.9 Å². The van der Waals surface area contributed by atoms with E-state index in [2.05, 4.69) is 0 Å². The van der Waals surface area contributed by atoms with Crippen LogP contribution < -0.4 is 20.9 Å². The Morgan fingerprint density at radius 3 is 2.37 bits per heavy atom. The highest BCUT2D eigenvalue weighted by Gasteiger charge is 2.58. The van der Waals surface area contributed by atoms with E-state index in [1.807, 2.05) is 0 Å². The number of aromatic amines is 1. The summed E-state index contributed by atoms with van der Waals surface area (Å²) in [4.78, 5) is 40.4. The van der Waals surface area contributed by atoms with Crippen LogP contribution in [0.2, 0.25) is 0 Å². The van der Waals surface area contributed by atoms with Gasteiger partial charge in [-0.2, -0.15) is 13.2 Å². The molecule has 1 spiro atoms. The maximum absolute atomic E-state index is 14.8. The maximum Gasteiger partial charge on any atom is 0.431 e. The topological polar surface area (TPSA) is 84.4 Å². The third kappa shape index (κ3) is 2.91. The third-order valence-corrected chi connectivity index (χ3v) is 5.58. The minimum absolute atomic E-state index is 0.102. The van der Waals surface area contributed by atoms with Crippen LogP contribution in [0.25, 0.3) is 5.69 Å². The Hall–Kier alpha value is -3.11. The van der Waals surface area contributed by atoms with E-state index in [-0.39, 0.29) is 28.0 Å². The minimum Gasteiger partial charge on any atom is -0.475 e. The van der Waals surface area contributed by atoms with Crippen molar-refractivity contribution in [2.45, 2.75) is 37.5 Å². The Balaban J connectivity index is 1.65. The summed E-state index contributed by atoms with van der Waals surface area (Å²) < 4.78 is 59.3. The smallest absolute Gasteiger partial charge is 0.431 e. The Bertz CT molecular complexity index is 1160. The largest absolute Gasteiger partial charge is 0.475 e. The van der Waals surface area contributed by atoms with Gasteiger partial charge in [0.1, 0.15) is 11.4 Å². The Kier molecular flexibility index (Phi) is 3.75. The van der Waals surface area contributed by atoms with E-state index in [4.69, 9.17) is 4.74 Å². The lowest BCUT2D eigenvalue weighted by Crippen LogP contribution is -2.48. The van der Waals surface area contributed by atoms with Crippen molar-refractivity contribution >= 4 is 11.6 Å². The van der Waals surface area contributed by atoms with Gasteiger partial charge < -0.3 is 14.6 Å². The van der Waals surface area contributed by atoms with Crippen LogP contribution in [0.4, 0.5) is 23.2 Å². The number of nitrogens with one attached hydrogen (secondary N) is 1. The zero-order valence-corrected chi connectivity index (χ0v) is 15.4. The van der Waals surface area contributed by atoms with Gasteiger partial charge in [0.05, 0.1) is 11.4 Å². The molecule has 1 aliphatic heterocycles. The van der Waals surface area contributed by atoms with Crippen LogP contribution in [0.15, 0.2) is 27.8 Å². The van der Waals surface area contributed by atoms with Crippen molar-refractivity contribution < 1.29 is 27.1 Å². The van der Waals surface area contributed by atoms with Gasteiger partial charge in [-0.3, -0.25) is 9.59 Å². The predicted octanol–water partition coefficient (Wildman–Crippen LogP) is 2.35. The molecule has 158 valence electrons. The SMILES string of the molecule is O=C1N(CC2CC2)c2cc(-n3c(=O)cc(C(F)(F)F)[nH]c3=O)c(F)cc2OC12CC2. The van der Waals surface area contributed by atoms with Gasteiger partial charge in [-0.15, -0.1) is 0 Å². The lowest BCUT2D eigenvalue weighted by molar-refractivity contribution is -0.141. The van der Waals surface area contributed by atoms with Gasteiger partial charge in [0, 0.05) is 31.5 Å². The first-order valence-corrected chi connectivity index (χ1v) is 9.37. The third-order valence-electron chi connectivity index (χ3n) is 5.58. The number of aromatic nitrogens is 2. The van der Waals surface area contributed by atoms with Crippen molar-refractivity contribution in [3.05, 3.63) is 50.5 Å². The number of benzene rings is 1. The molecule has 2 aliphatic carbocycles. The Morgan fingerprint density at radius 2 is 1.80 bits per heavy atom. The molecule has 0 atom stereocenters. The molecule has 0 bridgehead atoms. The summed E-state index contributed by atoms with van der Waals surface area (Å²) in [5.41, 5.74) is -5.69. The molecule has 1 amide bonds. The molecule has 7 nitrogen and oxygen atoms in total. The Labute approximate surface area is 165 Å². The summed E-state index contributed by atoms with van der Waals surface area (Å²) >= 11 is 0. The normalized spacial score (nSPS) is 19.6. The number of hydrogen-bond acceptors (Lipinski definition) is 4. The second-order valence-corrected chi connectivity index (χ2v) is 7.89. The molecule has 2 fully saturated rings. The van der Waals surface area contributed by atoms with Crippen molar-refractivity contribution in [2.75, 3.05) is 11.4 Å². The molecule has 0 radical (unpaired) electrons. The van der Waals surface area contributed by atoms with E-state index in [0.717, 1.165) is 25.0 Å². The lowest BCUT2D eigenvalue weighted by Gasteiger charge is -2.35. The fourth-order valence-corrected chi connectivity index (χ4v) is 3.65. The summed E-state index contributed by atoms with van der Waals surface area (Å²) in [6, 6.07) is 2.24. The number of halogens is 4. The van der Waals surface area contributed by atoms with Crippen LogP contribution in [0.1, 0.15) is 31.4 Å². The van der Waals surface area contributed by atoms with Crippen molar-refractivity contribution in [3.63, 3.8) is 0 Å². The average molecular weight is 425 g/mol. The monoisotopic (exact) mass is 425 g/mol. The fourth-order valence-electron chi connectivity index (χ4n) is 3.65. The number of ether oxygens (including phenoxy) is 1. The molecule has 2 aromatic rings. The number of hydrogen-bond donors (Lipinski definition) is 1. The van der Waals surface area contributed by atoms with E-state index < -0.39 is 40.2 Å². The van der Waals surface area contributed by atoms with E-state index >= 15 is 0 Å². The van der Waals surface area contributed by atoms with Gasteiger partial charge in [0.25, 0.3) is 11.5 Å². The molecular formula is C19H15F4N3O4. The number of amides is 1. The zero-order valence-electron chi connectivity index (χ0n) is 15.4. The van der Waals surface area contributed by atoms with E-state index in [0.29, 0.717) is 25.3 Å². The number of nitrogens with zero attached hydrogens (tertiary/aromatic N) is 2. The van der Waals surface area contributed by atoms with Crippen LogP contribution in [-0.2, 0) is 11.0 Å². The highest BCUT2D eigenvalue weighted by molar-refractivity contribution is 6.05. The number of carbonyl (C=O) groups excluding carboxylic acids is 1. The summed E-state index contributed by atoms with van der Waals surface area (Å²) in [5, 5.41) is 0. The first kappa shape index (κ1) is 18.9. The second-order valence-electron chi connectivity index (χ2n) is 7.89. The molecule has 1 aromatic carbocycles. The molecule has 1 aromatic heterocycles. The van der Waals surface area contributed by atoms with Crippen molar-refractivity contribution in [2.24, 2.45) is 5.92 Å². The molecule has 0 saturated heterocycles. The molecule has 5 rings (SSSR count). The van der Waals surface area contributed by atoms with Crippen LogP contribution in [0.3, 0.4) is 0 Å². The summed E-state index contributed by atoms with van der Waals surface area (Å²) in [7, 11) is 0. The summed E-state index contributed by atoms with van der Waals surface area (Å²) in [6.07, 6.45) is -2.04. The van der Waals surface area contributed by atoms with E-state index in [1.165, 1.54) is 4.90 Å². The second kappa shape index (κ2) is 5.96. The number of rotatable bonds is 3. The van der Waals surface area contributed by atoms with Gasteiger partial charge in [-0.05, 0) is 24.8 Å². The van der Waals surface area contributed by atoms with Crippen LogP contribution in [-0.4, -0.2) is 27.6 Å². The number of H-pyrrole nitrogens is 1. The van der Waals surface area contributed by atoms with Gasteiger partial charge in [-0.1, -0.05) is 0 Å². The number of carbonyl (C=O) groups is 1. The highest BCUT2D eigenvalue weighted by atomic mass is 19.4. The van der Waals surface area contributed by atoms with E-state index in [1.54, 1.807) is 4.98 Å². The summed E-state index contributed by atoms with van der Waals surface area (Å²) in [5.74, 6) is -0.905. The predicted molar refractivity (Wildman–Crippen MR) is 95.3 cm³/mol. The van der Waals surface area contributed by atoms with Crippen LogP contribution in [0, 0.1) is 11.7 Å². The fraction of sp³-hybridized carbons (Fsp3) is 0.421. The molecule has 2 saturated carbocycles. The maximum atomic E-state index is 14.8. The van der Waals surface area contributed by atoms with Crippen LogP contribution in [0.5, 0.6) is 5.75 Å². The quantitative estimate of drug-likeness (QED) is 0.766. The molecule has 11 heteroatoms. The number of fused-ring (bicyclic) bond motifs is 1. The standard InChI is InChI=1S/C19H15F4N3O4/c20-10-5-13-12(25(8-9-1-2-9)16(28)18(30-13)3-4-18)6-11(10)26-15(27)7-14(19(21,22)23)24-17(26)29/h5-7,9H,1-4,8H2,(H,24,29). The first-order chi connectivity index (χ1) is 14.1. The van der Waals surface area contributed by atoms with Crippen molar-refractivity contribution in [3.8, 4) is 11.4 Å². The molecule has 3 aliphatic rings. The highest BCUT2D eigenvalue weighted by Crippen LogP contribution is 2.51. The van der Waals surface area contributed by atoms with Crippen LogP contribution >= 0.6 is 0 Å². The number of anilines is 1. The van der Waals surface area contributed by atoms with E-state index in [9.17, 15) is 31.9 Å². The van der Waals surface area contributed by atoms with Gasteiger partial charge in [-0.25, -0.2) is 13.8 Å². The molecular weight excluding hydrogens is 410 g/mol. The van der Waals surface area contributed by atoms with Gasteiger partial charge in [0.2, 0.25) is 0 Å². The zero-order chi connectivity index (χ0) is 21.4. The van der Waals surface area contributed by atoms with Crippen molar-refractivity contribution in [1.29, 1.82) is 0 Å².